The van der Waals surface area contributed by atoms with E-state index in [4.69, 9.17) is 9.47 Å². The number of rotatable bonds is 6. The molecule has 2 rings (SSSR count). The Morgan fingerprint density at radius 3 is 2.67 bits per heavy atom. The van der Waals surface area contributed by atoms with Crippen LogP contribution in [0.3, 0.4) is 0 Å². The van der Waals surface area contributed by atoms with Crippen molar-refractivity contribution in [2.24, 2.45) is 5.92 Å². The van der Waals surface area contributed by atoms with E-state index < -0.39 is 0 Å². The van der Waals surface area contributed by atoms with Crippen molar-refractivity contribution in [3.8, 4) is 0 Å². The highest BCUT2D eigenvalue weighted by Gasteiger charge is 2.42. The molecular formula is C12H23NO2. The van der Waals surface area contributed by atoms with Gasteiger partial charge in [-0.05, 0) is 38.6 Å². The summed E-state index contributed by atoms with van der Waals surface area (Å²) in [5.41, 5.74) is 0. The van der Waals surface area contributed by atoms with Crippen LogP contribution in [0, 0.1) is 5.92 Å². The molecule has 0 saturated heterocycles. The SMILES string of the molecule is CCOC1CC(NCC2CCC2)C1OC. The molecule has 2 aliphatic carbocycles. The van der Waals surface area contributed by atoms with Gasteiger partial charge in [-0.2, -0.15) is 0 Å². The number of methoxy groups -OCH3 is 1. The Hall–Kier alpha value is -0.120. The van der Waals surface area contributed by atoms with Gasteiger partial charge in [0.15, 0.2) is 0 Å². The van der Waals surface area contributed by atoms with E-state index in [2.05, 4.69) is 5.32 Å². The fourth-order valence-corrected chi connectivity index (χ4v) is 2.49. The first-order valence-corrected chi connectivity index (χ1v) is 6.23. The summed E-state index contributed by atoms with van der Waals surface area (Å²) < 4.78 is 11.1. The normalized spacial score (nSPS) is 36.0. The summed E-state index contributed by atoms with van der Waals surface area (Å²) >= 11 is 0. The monoisotopic (exact) mass is 213 g/mol. The van der Waals surface area contributed by atoms with Crippen LogP contribution in [0.4, 0.5) is 0 Å². The first kappa shape index (κ1) is 11.4. The molecule has 88 valence electrons. The number of hydrogen-bond acceptors (Lipinski definition) is 3. The second-order valence-electron chi connectivity index (χ2n) is 4.74. The molecule has 1 N–H and O–H groups in total. The zero-order chi connectivity index (χ0) is 10.7. The van der Waals surface area contributed by atoms with E-state index >= 15 is 0 Å². The van der Waals surface area contributed by atoms with Crippen LogP contribution in [0.25, 0.3) is 0 Å². The van der Waals surface area contributed by atoms with Gasteiger partial charge in [0.2, 0.25) is 0 Å². The summed E-state index contributed by atoms with van der Waals surface area (Å²) in [4.78, 5) is 0. The van der Waals surface area contributed by atoms with Crippen LogP contribution in [0.15, 0.2) is 0 Å². The fourth-order valence-electron chi connectivity index (χ4n) is 2.49. The van der Waals surface area contributed by atoms with E-state index in [1.54, 1.807) is 7.11 Å². The standard InChI is InChI=1S/C12H23NO2/c1-3-15-11-7-10(12(11)14-2)13-8-9-5-4-6-9/h9-13H,3-8H2,1-2H3. The van der Waals surface area contributed by atoms with E-state index in [-0.39, 0.29) is 6.10 Å². The smallest absolute Gasteiger partial charge is 0.0986 e. The molecule has 0 aromatic heterocycles. The average molecular weight is 213 g/mol. The van der Waals surface area contributed by atoms with Gasteiger partial charge in [-0.1, -0.05) is 6.42 Å². The van der Waals surface area contributed by atoms with E-state index in [0.29, 0.717) is 12.1 Å². The summed E-state index contributed by atoms with van der Waals surface area (Å²) in [6.07, 6.45) is 5.94. The van der Waals surface area contributed by atoms with Gasteiger partial charge >= 0.3 is 0 Å². The maximum absolute atomic E-state index is 5.59. The minimum absolute atomic E-state index is 0.269. The minimum Gasteiger partial charge on any atom is -0.377 e. The van der Waals surface area contributed by atoms with Gasteiger partial charge in [-0.25, -0.2) is 0 Å². The molecule has 0 aromatic carbocycles. The molecule has 3 heteroatoms. The van der Waals surface area contributed by atoms with Crippen molar-refractivity contribution in [1.29, 1.82) is 0 Å². The predicted molar refractivity (Wildman–Crippen MR) is 60.0 cm³/mol. The first-order valence-electron chi connectivity index (χ1n) is 6.23. The number of nitrogens with one attached hydrogen (secondary N) is 1. The average Bonchev–Trinajstić information content (AvgIpc) is 2.13. The maximum atomic E-state index is 5.59. The third-order valence-electron chi connectivity index (χ3n) is 3.80. The van der Waals surface area contributed by atoms with Crippen molar-refractivity contribution in [2.45, 2.75) is 50.9 Å². The minimum atomic E-state index is 0.269. The van der Waals surface area contributed by atoms with Crippen LogP contribution >= 0.6 is 0 Å². The van der Waals surface area contributed by atoms with Crippen LogP contribution in [0.1, 0.15) is 32.6 Å². The van der Waals surface area contributed by atoms with Crippen LogP contribution in [0.2, 0.25) is 0 Å². The highest BCUT2D eigenvalue weighted by atomic mass is 16.5. The second-order valence-corrected chi connectivity index (χ2v) is 4.74. The van der Waals surface area contributed by atoms with Gasteiger partial charge in [0.25, 0.3) is 0 Å². The molecule has 0 bridgehead atoms. The van der Waals surface area contributed by atoms with Gasteiger partial charge in [-0.15, -0.1) is 0 Å². The molecule has 3 unspecified atom stereocenters. The molecule has 0 radical (unpaired) electrons. The van der Waals surface area contributed by atoms with Crippen LogP contribution in [-0.4, -0.2) is 38.5 Å². The molecule has 2 fully saturated rings. The molecule has 15 heavy (non-hydrogen) atoms. The zero-order valence-corrected chi connectivity index (χ0v) is 9.87. The van der Waals surface area contributed by atoms with E-state index in [9.17, 15) is 0 Å². The van der Waals surface area contributed by atoms with E-state index in [0.717, 1.165) is 18.9 Å². The van der Waals surface area contributed by atoms with Crippen molar-refractivity contribution in [3.63, 3.8) is 0 Å². The predicted octanol–water partition coefficient (Wildman–Crippen LogP) is 1.57. The summed E-state index contributed by atoms with van der Waals surface area (Å²) in [5.74, 6) is 0.925. The summed E-state index contributed by atoms with van der Waals surface area (Å²) in [6.45, 7) is 4.01. The Kier molecular flexibility index (Phi) is 4.00. The van der Waals surface area contributed by atoms with Crippen LogP contribution in [-0.2, 0) is 9.47 Å². The molecule has 0 aliphatic heterocycles. The highest BCUT2D eigenvalue weighted by Crippen LogP contribution is 2.29. The summed E-state index contributed by atoms with van der Waals surface area (Å²) in [6, 6.07) is 0.521. The van der Waals surface area contributed by atoms with E-state index in [1.165, 1.54) is 25.8 Å². The lowest BCUT2D eigenvalue weighted by Crippen LogP contribution is -2.60. The molecule has 3 atom stereocenters. The van der Waals surface area contributed by atoms with Gasteiger partial charge < -0.3 is 14.8 Å². The summed E-state index contributed by atoms with van der Waals surface area (Å²) in [5, 5.41) is 3.61. The molecule has 0 aromatic rings. The Bertz CT molecular complexity index is 194. The van der Waals surface area contributed by atoms with Gasteiger partial charge in [0.05, 0.1) is 12.2 Å². The third-order valence-corrected chi connectivity index (χ3v) is 3.80. The van der Waals surface area contributed by atoms with Crippen molar-refractivity contribution in [1.82, 2.24) is 5.32 Å². The lowest BCUT2D eigenvalue weighted by Gasteiger charge is -2.44. The van der Waals surface area contributed by atoms with Crippen molar-refractivity contribution < 1.29 is 9.47 Å². The van der Waals surface area contributed by atoms with E-state index in [1.807, 2.05) is 6.92 Å². The molecule has 3 nitrogen and oxygen atoms in total. The van der Waals surface area contributed by atoms with Crippen LogP contribution in [0.5, 0.6) is 0 Å². The Labute approximate surface area is 92.5 Å². The molecule has 2 saturated carbocycles. The maximum Gasteiger partial charge on any atom is 0.0986 e. The molecule has 0 heterocycles. The summed E-state index contributed by atoms with van der Waals surface area (Å²) in [7, 11) is 1.79. The Morgan fingerprint density at radius 1 is 1.33 bits per heavy atom. The van der Waals surface area contributed by atoms with Crippen molar-refractivity contribution in [3.05, 3.63) is 0 Å². The highest BCUT2D eigenvalue weighted by molar-refractivity contribution is 4.97. The topological polar surface area (TPSA) is 30.5 Å². The van der Waals surface area contributed by atoms with Crippen molar-refractivity contribution >= 4 is 0 Å². The molecule has 0 spiro atoms. The third kappa shape index (κ3) is 2.52. The Morgan fingerprint density at radius 2 is 2.13 bits per heavy atom. The van der Waals surface area contributed by atoms with Crippen molar-refractivity contribution in [2.75, 3.05) is 20.3 Å². The number of ether oxygens (including phenoxy) is 2. The fraction of sp³-hybridized carbons (Fsp3) is 1.00. The second kappa shape index (κ2) is 5.28. The van der Waals surface area contributed by atoms with Gasteiger partial charge in [-0.3, -0.25) is 0 Å². The largest absolute Gasteiger partial charge is 0.377 e. The molecule has 2 aliphatic rings. The lowest BCUT2D eigenvalue weighted by molar-refractivity contribution is -0.132. The van der Waals surface area contributed by atoms with Gasteiger partial charge in [0, 0.05) is 19.8 Å². The zero-order valence-electron chi connectivity index (χ0n) is 9.87. The van der Waals surface area contributed by atoms with Gasteiger partial charge in [0.1, 0.15) is 0 Å². The number of hydrogen-bond donors (Lipinski definition) is 1. The quantitative estimate of drug-likeness (QED) is 0.726. The molecule has 0 amide bonds. The van der Waals surface area contributed by atoms with Crippen LogP contribution < -0.4 is 5.32 Å². The Balaban J connectivity index is 1.65. The first-order chi connectivity index (χ1) is 7.35. The lowest BCUT2D eigenvalue weighted by atomic mass is 9.82. The molecular weight excluding hydrogens is 190 g/mol.